The summed E-state index contributed by atoms with van der Waals surface area (Å²) < 4.78 is 0. The van der Waals surface area contributed by atoms with Crippen LogP contribution in [0.15, 0.2) is 24.3 Å². The number of hydrogen-bond donors (Lipinski definition) is 0. The zero-order valence-corrected chi connectivity index (χ0v) is 18.0. The van der Waals surface area contributed by atoms with Crippen LogP contribution in [0.1, 0.15) is 73.8 Å². The molecular weight excluding hydrogens is 352 g/mol. The molecule has 2 aromatic rings. The van der Waals surface area contributed by atoms with Crippen molar-refractivity contribution in [3.63, 3.8) is 0 Å². The Morgan fingerprint density at radius 3 is 2.26 bits per heavy atom. The monoisotopic (exact) mass is 380 g/mol. The highest BCUT2D eigenvalue weighted by Crippen LogP contribution is 2.54. The van der Waals surface area contributed by atoms with Gasteiger partial charge in [-0.2, -0.15) is 5.26 Å². The van der Waals surface area contributed by atoms with E-state index in [0.29, 0.717) is 5.56 Å². The average Bonchev–Trinajstić information content (AvgIpc) is 2.99. The van der Waals surface area contributed by atoms with Crippen LogP contribution in [0.5, 0.6) is 0 Å². The van der Waals surface area contributed by atoms with E-state index in [1.807, 2.05) is 23.5 Å². The van der Waals surface area contributed by atoms with Gasteiger partial charge in [0, 0.05) is 22.7 Å². The Labute approximate surface area is 166 Å². The average molecular weight is 381 g/mol. The van der Waals surface area contributed by atoms with E-state index < -0.39 is 5.78 Å². The Morgan fingerprint density at radius 2 is 1.74 bits per heavy atom. The van der Waals surface area contributed by atoms with Gasteiger partial charge in [-0.1, -0.05) is 27.7 Å². The van der Waals surface area contributed by atoms with Gasteiger partial charge in [-0.05, 0) is 72.9 Å². The number of hydrogen-bond acceptors (Lipinski definition) is 4. The minimum Gasteiger partial charge on any atom is -0.333 e. The molecule has 0 fully saturated rings. The molecule has 3 rings (SSSR count). The standard InChI is InChI=1S/C23H28N2OS/c1-7-25(17-10-8-16(9-11-17)18(26)14-24)21-15(2)19-20(27-21)23(5,6)13-12-22(19,3)4/h8-11H,7,12-13H2,1-6H3. The molecule has 1 aliphatic rings. The van der Waals surface area contributed by atoms with Gasteiger partial charge in [-0.3, -0.25) is 4.79 Å². The van der Waals surface area contributed by atoms with E-state index in [2.05, 4.69) is 46.4 Å². The lowest BCUT2D eigenvalue weighted by atomic mass is 9.66. The van der Waals surface area contributed by atoms with Crippen LogP contribution < -0.4 is 4.90 Å². The van der Waals surface area contributed by atoms with Crippen molar-refractivity contribution in [3.8, 4) is 6.07 Å². The number of nitriles is 1. The number of thiophene rings is 1. The molecule has 0 aliphatic heterocycles. The first kappa shape index (κ1) is 19.6. The summed E-state index contributed by atoms with van der Waals surface area (Å²) in [6, 6.07) is 9.08. The third-order valence-electron chi connectivity index (χ3n) is 5.89. The molecule has 0 atom stereocenters. The molecule has 4 heteroatoms. The second kappa shape index (κ2) is 6.80. The molecular formula is C23H28N2OS. The number of ketones is 1. The SMILES string of the molecule is CCN(c1ccc(C(=O)C#N)cc1)c1sc2c(c1C)C(C)(C)CCC2(C)C. The van der Waals surface area contributed by atoms with E-state index in [-0.39, 0.29) is 10.8 Å². The van der Waals surface area contributed by atoms with Crippen molar-refractivity contribution in [3.05, 3.63) is 45.8 Å². The van der Waals surface area contributed by atoms with Gasteiger partial charge >= 0.3 is 0 Å². The number of benzene rings is 1. The van der Waals surface area contributed by atoms with Gasteiger partial charge in [0.1, 0.15) is 6.07 Å². The van der Waals surface area contributed by atoms with Crippen LogP contribution in [-0.4, -0.2) is 12.3 Å². The van der Waals surface area contributed by atoms with Crippen LogP contribution in [0, 0.1) is 18.3 Å². The van der Waals surface area contributed by atoms with Crippen molar-refractivity contribution in [1.29, 1.82) is 5.26 Å². The number of rotatable bonds is 4. The van der Waals surface area contributed by atoms with E-state index in [9.17, 15) is 4.79 Å². The molecule has 0 bridgehead atoms. The first-order valence-corrected chi connectivity index (χ1v) is 10.4. The highest BCUT2D eigenvalue weighted by Gasteiger charge is 2.41. The van der Waals surface area contributed by atoms with Gasteiger partial charge in [0.15, 0.2) is 0 Å². The number of fused-ring (bicyclic) bond motifs is 1. The smallest absolute Gasteiger partial charge is 0.262 e. The van der Waals surface area contributed by atoms with Crippen LogP contribution in [-0.2, 0) is 10.8 Å². The summed E-state index contributed by atoms with van der Waals surface area (Å²) in [5.41, 5.74) is 4.82. The summed E-state index contributed by atoms with van der Waals surface area (Å²) in [7, 11) is 0. The van der Waals surface area contributed by atoms with Crippen LogP contribution >= 0.6 is 11.3 Å². The number of anilines is 2. The van der Waals surface area contributed by atoms with Crippen molar-refractivity contribution in [2.45, 2.75) is 65.2 Å². The van der Waals surface area contributed by atoms with Gasteiger partial charge in [0.2, 0.25) is 0 Å². The zero-order chi connectivity index (χ0) is 20.0. The summed E-state index contributed by atoms with van der Waals surface area (Å²) in [6.07, 6.45) is 2.42. The lowest BCUT2D eigenvalue weighted by Gasteiger charge is -2.39. The highest BCUT2D eigenvalue weighted by atomic mass is 32.1. The molecule has 0 radical (unpaired) electrons. The van der Waals surface area contributed by atoms with Crippen molar-refractivity contribution in [2.24, 2.45) is 0 Å². The fourth-order valence-electron chi connectivity index (χ4n) is 4.21. The Balaban J connectivity index is 2.09. The largest absolute Gasteiger partial charge is 0.333 e. The van der Waals surface area contributed by atoms with Crippen molar-refractivity contribution in [1.82, 2.24) is 0 Å². The second-order valence-electron chi connectivity index (χ2n) is 8.74. The molecule has 142 valence electrons. The molecule has 1 aromatic carbocycles. The molecule has 1 heterocycles. The van der Waals surface area contributed by atoms with Gasteiger partial charge in [0.25, 0.3) is 5.78 Å². The summed E-state index contributed by atoms with van der Waals surface area (Å²) in [4.78, 5) is 15.4. The summed E-state index contributed by atoms with van der Waals surface area (Å²) in [5.74, 6) is -0.490. The lowest BCUT2D eigenvalue weighted by molar-refractivity contribution is 0.105. The maximum absolute atomic E-state index is 11.6. The Kier molecular flexibility index (Phi) is 4.94. The van der Waals surface area contributed by atoms with Crippen molar-refractivity contribution < 1.29 is 4.79 Å². The maximum atomic E-state index is 11.6. The first-order valence-electron chi connectivity index (χ1n) is 9.59. The number of Topliss-reactive ketones (excluding diaryl/α,β-unsaturated/α-hetero) is 1. The maximum Gasteiger partial charge on any atom is 0.262 e. The highest BCUT2D eigenvalue weighted by molar-refractivity contribution is 7.16. The minimum atomic E-state index is -0.490. The molecule has 0 spiro atoms. The molecule has 0 amide bonds. The predicted molar refractivity (Wildman–Crippen MR) is 113 cm³/mol. The third kappa shape index (κ3) is 3.30. The molecule has 0 unspecified atom stereocenters. The van der Waals surface area contributed by atoms with E-state index in [4.69, 9.17) is 5.26 Å². The van der Waals surface area contributed by atoms with Crippen molar-refractivity contribution >= 4 is 27.8 Å². The predicted octanol–water partition coefficient (Wildman–Crippen LogP) is 6.27. The topological polar surface area (TPSA) is 44.1 Å². The number of carbonyl (C=O) groups excluding carboxylic acids is 1. The van der Waals surface area contributed by atoms with Crippen LogP contribution in [0.2, 0.25) is 0 Å². The molecule has 0 saturated heterocycles. The Bertz CT molecular complexity index is 913. The third-order valence-corrected chi connectivity index (χ3v) is 7.57. The zero-order valence-electron chi connectivity index (χ0n) is 17.1. The molecule has 3 nitrogen and oxygen atoms in total. The summed E-state index contributed by atoms with van der Waals surface area (Å²) >= 11 is 1.92. The fraction of sp³-hybridized carbons (Fsp3) is 0.478. The van der Waals surface area contributed by atoms with Gasteiger partial charge in [-0.15, -0.1) is 11.3 Å². The first-order chi connectivity index (χ1) is 12.6. The molecule has 1 aromatic heterocycles. The molecule has 0 N–H and O–H groups in total. The van der Waals surface area contributed by atoms with E-state index in [1.54, 1.807) is 18.2 Å². The normalized spacial score (nSPS) is 17.1. The van der Waals surface area contributed by atoms with Crippen molar-refractivity contribution in [2.75, 3.05) is 11.4 Å². The number of carbonyl (C=O) groups is 1. The minimum absolute atomic E-state index is 0.201. The lowest BCUT2D eigenvalue weighted by Crippen LogP contribution is -2.32. The van der Waals surface area contributed by atoms with E-state index >= 15 is 0 Å². The van der Waals surface area contributed by atoms with E-state index in [1.165, 1.54) is 33.8 Å². The molecule has 1 aliphatic carbocycles. The van der Waals surface area contributed by atoms with Gasteiger partial charge < -0.3 is 4.90 Å². The molecule has 0 saturated carbocycles. The summed E-state index contributed by atoms with van der Waals surface area (Å²) in [5, 5.41) is 10.1. The summed E-state index contributed by atoms with van der Waals surface area (Å²) in [6.45, 7) is 14.7. The fourth-order valence-corrected chi connectivity index (χ4v) is 5.92. The second-order valence-corrected chi connectivity index (χ2v) is 9.74. The van der Waals surface area contributed by atoms with E-state index in [0.717, 1.165) is 12.2 Å². The van der Waals surface area contributed by atoms with Crippen LogP contribution in [0.4, 0.5) is 10.7 Å². The molecule has 27 heavy (non-hydrogen) atoms. The van der Waals surface area contributed by atoms with Crippen LogP contribution in [0.3, 0.4) is 0 Å². The van der Waals surface area contributed by atoms with Gasteiger partial charge in [-0.25, -0.2) is 0 Å². The Hall–Kier alpha value is -2.12. The Morgan fingerprint density at radius 1 is 1.15 bits per heavy atom. The number of nitrogens with zero attached hydrogens (tertiary/aromatic N) is 2. The quantitative estimate of drug-likeness (QED) is 0.464. The van der Waals surface area contributed by atoms with Gasteiger partial charge in [0.05, 0.1) is 5.00 Å². The van der Waals surface area contributed by atoms with Crippen LogP contribution in [0.25, 0.3) is 0 Å².